The average Bonchev–Trinajstić information content (AvgIpc) is 3.04. The molecule has 0 radical (unpaired) electrons. The van der Waals surface area contributed by atoms with E-state index in [2.05, 4.69) is 19.8 Å². The number of anilines is 1. The van der Waals surface area contributed by atoms with E-state index < -0.39 is 17.6 Å². The SMILES string of the molecule is O=C(Nc1ccc(C(F)(F)F)cc1)c1snnc1CN1CCOCC1. The Morgan fingerprint density at radius 2 is 1.92 bits per heavy atom. The van der Waals surface area contributed by atoms with E-state index in [1.165, 1.54) is 12.1 Å². The molecule has 0 bridgehead atoms. The van der Waals surface area contributed by atoms with Gasteiger partial charge in [-0.25, -0.2) is 0 Å². The lowest BCUT2D eigenvalue weighted by atomic mass is 10.2. The fourth-order valence-corrected chi connectivity index (χ4v) is 2.95. The van der Waals surface area contributed by atoms with Crippen molar-refractivity contribution in [3.05, 3.63) is 40.4 Å². The fourth-order valence-electron chi connectivity index (χ4n) is 2.39. The van der Waals surface area contributed by atoms with Crippen molar-refractivity contribution in [2.24, 2.45) is 0 Å². The summed E-state index contributed by atoms with van der Waals surface area (Å²) in [5.41, 5.74) is 0.0676. The Hall–Kier alpha value is -2.04. The highest BCUT2D eigenvalue weighted by atomic mass is 32.1. The van der Waals surface area contributed by atoms with E-state index in [9.17, 15) is 18.0 Å². The van der Waals surface area contributed by atoms with E-state index in [4.69, 9.17) is 4.74 Å². The van der Waals surface area contributed by atoms with Crippen LogP contribution in [0.15, 0.2) is 24.3 Å². The summed E-state index contributed by atoms with van der Waals surface area (Å²) in [5.74, 6) is -0.432. The number of nitrogens with zero attached hydrogens (tertiary/aromatic N) is 3. The van der Waals surface area contributed by atoms with E-state index in [1.54, 1.807) is 0 Å². The van der Waals surface area contributed by atoms with Gasteiger partial charge in [0.25, 0.3) is 5.91 Å². The summed E-state index contributed by atoms with van der Waals surface area (Å²) in [7, 11) is 0. The van der Waals surface area contributed by atoms with Gasteiger partial charge >= 0.3 is 6.18 Å². The van der Waals surface area contributed by atoms with Gasteiger partial charge in [0.2, 0.25) is 0 Å². The average molecular weight is 372 g/mol. The number of amides is 1. The molecule has 0 unspecified atom stereocenters. The van der Waals surface area contributed by atoms with Gasteiger partial charge in [-0.15, -0.1) is 5.10 Å². The molecule has 1 fully saturated rings. The first-order valence-electron chi connectivity index (χ1n) is 7.53. The van der Waals surface area contributed by atoms with Crippen LogP contribution in [0.1, 0.15) is 20.9 Å². The van der Waals surface area contributed by atoms with Crippen LogP contribution in [0.4, 0.5) is 18.9 Å². The maximum atomic E-state index is 12.6. The van der Waals surface area contributed by atoms with Gasteiger partial charge in [-0.2, -0.15) is 13.2 Å². The zero-order valence-electron chi connectivity index (χ0n) is 13.0. The molecule has 1 N–H and O–H groups in total. The van der Waals surface area contributed by atoms with E-state index >= 15 is 0 Å². The molecular weight excluding hydrogens is 357 g/mol. The molecule has 134 valence electrons. The highest BCUT2D eigenvalue weighted by Gasteiger charge is 2.30. The maximum Gasteiger partial charge on any atom is 0.416 e. The minimum absolute atomic E-state index is 0.281. The van der Waals surface area contributed by atoms with E-state index in [-0.39, 0.29) is 5.69 Å². The second-order valence-electron chi connectivity index (χ2n) is 5.47. The van der Waals surface area contributed by atoms with Crippen molar-refractivity contribution in [2.45, 2.75) is 12.7 Å². The van der Waals surface area contributed by atoms with Crippen molar-refractivity contribution in [1.29, 1.82) is 0 Å². The van der Waals surface area contributed by atoms with Gasteiger partial charge < -0.3 is 10.1 Å². The van der Waals surface area contributed by atoms with Gasteiger partial charge in [0.05, 0.1) is 18.8 Å². The van der Waals surface area contributed by atoms with E-state index in [0.717, 1.165) is 36.8 Å². The smallest absolute Gasteiger partial charge is 0.379 e. The van der Waals surface area contributed by atoms with Gasteiger partial charge in [-0.05, 0) is 35.8 Å². The highest BCUT2D eigenvalue weighted by molar-refractivity contribution is 7.08. The number of morpholine rings is 1. The van der Waals surface area contributed by atoms with E-state index in [1.807, 2.05) is 0 Å². The second kappa shape index (κ2) is 7.46. The molecular formula is C15H15F3N4O2S. The van der Waals surface area contributed by atoms with Crippen LogP contribution in [-0.2, 0) is 17.5 Å². The predicted molar refractivity (Wildman–Crippen MR) is 85.4 cm³/mol. The number of benzene rings is 1. The van der Waals surface area contributed by atoms with Crippen LogP contribution in [0.25, 0.3) is 0 Å². The standard InChI is InChI=1S/C15H15F3N4O2S/c16-15(17,18)10-1-3-11(4-2-10)19-14(23)13-12(20-21-25-13)9-22-5-7-24-8-6-22/h1-4H,5-9H2,(H,19,23). The molecule has 0 spiro atoms. The molecule has 1 aliphatic rings. The van der Waals surface area contributed by atoms with Crippen LogP contribution >= 0.6 is 11.5 Å². The lowest BCUT2D eigenvalue weighted by Gasteiger charge is -2.25. The Labute approximate surface area is 145 Å². The molecule has 6 nitrogen and oxygen atoms in total. The molecule has 1 saturated heterocycles. The van der Waals surface area contributed by atoms with Crippen LogP contribution < -0.4 is 5.32 Å². The van der Waals surface area contributed by atoms with Crippen molar-refractivity contribution in [3.63, 3.8) is 0 Å². The Kier molecular flexibility index (Phi) is 5.30. The Morgan fingerprint density at radius 3 is 2.56 bits per heavy atom. The molecule has 0 saturated carbocycles. The number of aromatic nitrogens is 2. The number of carbonyl (C=O) groups is 1. The number of carbonyl (C=O) groups excluding carboxylic acids is 1. The molecule has 0 aliphatic carbocycles. The number of nitrogens with one attached hydrogen (secondary N) is 1. The van der Waals surface area contributed by atoms with Gasteiger partial charge in [-0.3, -0.25) is 9.69 Å². The van der Waals surface area contributed by atoms with Gasteiger partial charge in [-0.1, -0.05) is 4.49 Å². The first-order chi connectivity index (χ1) is 11.9. The zero-order valence-corrected chi connectivity index (χ0v) is 13.9. The molecule has 2 heterocycles. The molecule has 2 aromatic rings. The highest BCUT2D eigenvalue weighted by Crippen LogP contribution is 2.30. The van der Waals surface area contributed by atoms with Gasteiger partial charge in [0.1, 0.15) is 10.6 Å². The summed E-state index contributed by atoms with van der Waals surface area (Å²) in [5, 5.41) is 6.58. The largest absolute Gasteiger partial charge is 0.416 e. The Bertz CT molecular complexity index is 727. The van der Waals surface area contributed by atoms with Crippen molar-refractivity contribution < 1.29 is 22.7 Å². The third-order valence-corrected chi connectivity index (χ3v) is 4.48. The summed E-state index contributed by atoms with van der Waals surface area (Å²) in [6.45, 7) is 3.24. The van der Waals surface area contributed by atoms with Crippen molar-refractivity contribution >= 4 is 23.1 Å². The normalized spacial score (nSPS) is 16.0. The molecule has 1 aliphatic heterocycles. The lowest BCUT2D eigenvalue weighted by Crippen LogP contribution is -2.36. The molecule has 1 aromatic carbocycles. The second-order valence-corrected chi connectivity index (χ2v) is 6.22. The minimum atomic E-state index is -4.41. The number of hydrogen-bond acceptors (Lipinski definition) is 6. The molecule has 25 heavy (non-hydrogen) atoms. The van der Waals surface area contributed by atoms with Crippen LogP contribution in [-0.4, -0.2) is 46.7 Å². The Morgan fingerprint density at radius 1 is 1.24 bits per heavy atom. The number of ether oxygens (including phenoxy) is 1. The molecule has 1 amide bonds. The monoisotopic (exact) mass is 372 g/mol. The molecule has 10 heteroatoms. The van der Waals surface area contributed by atoms with Crippen LogP contribution in [0.3, 0.4) is 0 Å². The molecule has 3 rings (SSSR count). The summed E-state index contributed by atoms with van der Waals surface area (Å²) in [4.78, 5) is 14.8. The first-order valence-corrected chi connectivity index (χ1v) is 8.31. The predicted octanol–water partition coefficient (Wildman–Crippen LogP) is 2.64. The summed E-state index contributed by atoms with van der Waals surface area (Å²) in [6, 6.07) is 4.29. The number of halogens is 3. The van der Waals surface area contributed by atoms with Crippen molar-refractivity contribution in [1.82, 2.24) is 14.5 Å². The summed E-state index contributed by atoms with van der Waals surface area (Å²) < 4.78 is 46.8. The number of alkyl halides is 3. The molecule has 1 aromatic heterocycles. The summed E-state index contributed by atoms with van der Waals surface area (Å²) >= 11 is 0.962. The fraction of sp³-hybridized carbons (Fsp3) is 0.400. The number of rotatable bonds is 4. The third-order valence-electron chi connectivity index (χ3n) is 3.71. The van der Waals surface area contributed by atoms with E-state index in [0.29, 0.717) is 30.3 Å². The van der Waals surface area contributed by atoms with Gasteiger partial charge in [0.15, 0.2) is 0 Å². The van der Waals surface area contributed by atoms with Crippen molar-refractivity contribution in [3.8, 4) is 0 Å². The summed E-state index contributed by atoms with van der Waals surface area (Å²) in [6.07, 6.45) is -4.41. The Balaban J connectivity index is 1.66. The van der Waals surface area contributed by atoms with Crippen LogP contribution in [0.5, 0.6) is 0 Å². The quantitative estimate of drug-likeness (QED) is 0.894. The lowest BCUT2D eigenvalue weighted by molar-refractivity contribution is -0.137. The zero-order chi connectivity index (χ0) is 17.9. The minimum Gasteiger partial charge on any atom is -0.379 e. The van der Waals surface area contributed by atoms with Crippen molar-refractivity contribution in [2.75, 3.05) is 31.6 Å². The molecule has 0 atom stereocenters. The number of hydrogen-bond donors (Lipinski definition) is 1. The third kappa shape index (κ3) is 4.53. The first kappa shape index (κ1) is 17.8. The van der Waals surface area contributed by atoms with Crippen LogP contribution in [0.2, 0.25) is 0 Å². The maximum absolute atomic E-state index is 12.6. The van der Waals surface area contributed by atoms with Gasteiger partial charge in [0, 0.05) is 25.3 Å². The topological polar surface area (TPSA) is 67.4 Å². The van der Waals surface area contributed by atoms with Crippen LogP contribution in [0, 0.1) is 0 Å².